The normalized spacial score (nSPS) is 16.6. The summed E-state index contributed by atoms with van der Waals surface area (Å²) < 4.78 is 0. The van der Waals surface area contributed by atoms with Crippen molar-refractivity contribution in [3.05, 3.63) is 5.82 Å². The van der Waals surface area contributed by atoms with E-state index in [-0.39, 0.29) is 17.7 Å². The van der Waals surface area contributed by atoms with Gasteiger partial charge in [-0.3, -0.25) is 9.89 Å². The van der Waals surface area contributed by atoms with Gasteiger partial charge in [0.05, 0.1) is 0 Å². The molecule has 0 atom stereocenters. The number of aromatic nitrogens is 3. The van der Waals surface area contributed by atoms with E-state index in [9.17, 15) is 4.79 Å². The van der Waals surface area contributed by atoms with Crippen molar-refractivity contribution in [1.29, 1.82) is 0 Å². The van der Waals surface area contributed by atoms with Gasteiger partial charge in [0.2, 0.25) is 11.8 Å². The summed E-state index contributed by atoms with van der Waals surface area (Å²) in [6.45, 7) is 0. The average molecular weight is 181 g/mol. The number of rotatable bonds is 2. The smallest absolute Gasteiger partial charge is 0.288 e. The van der Waals surface area contributed by atoms with Gasteiger partial charge in [-0.2, -0.15) is 4.98 Å². The Labute approximate surface area is 74.9 Å². The molecule has 1 aliphatic rings. The molecule has 1 heterocycles. The van der Waals surface area contributed by atoms with Crippen LogP contribution in [0.3, 0.4) is 0 Å². The molecule has 0 unspecified atom stereocenters. The molecule has 70 valence electrons. The predicted molar refractivity (Wildman–Crippen MR) is 45.9 cm³/mol. The first-order valence-electron chi connectivity index (χ1n) is 4.24. The molecule has 4 N–H and O–H groups in total. The second-order valence-electron chi connectivity index (χ2n) is 3.14. The first-order chi connectivity index (χ1) is 6.25. The van der Waals surface area contributed by atoms with Gasteiger partial charge in [0.25, 0.3) is 5.91 Å². The summed E-state index contributed by atoms with van der Waals surface area (Å²) in [5, 5.41) is 8.85. The van der Waals surface area contributed by atoms with E-state index in [4.69, 9.17) is 5.73 Å². The van der Waals surface area contributed by atoms with Crippen LogP contribution in [0.25, 0.3) is 0 Å². The molecule has 0 aromatic carbocycles. The highest BCUT2D eigenvalue weighted by molar-refractivity contribution is 5.90. The monoisotopic (exact) mass is 181 g/mol. The predicted octanol–water partition coefficient (Wildman–Crippen LogP) is -0.331. The van der Waals surface area contributed by atoms with Gasteiger partial charge in [-0.1, -0.05) is 0 Å². The highest BCUT2D eigenvalue weighted by Crippen LogP contribution is 2.18. The Morgan fingerprint density at radius 1 is 1.62 bits per heavy atom. The Morgan fingerprint density at radius 2 is 2.38 bits per heavy atom. The van der Waals surface area contributed by atoms with Crippen LogP contribution in [0.4, 0.5) is 5.95 Å². The van der Waals surface area contributed by atoms with Crippen LogP contribution in [0, 0.1) is 0 Å². The van der Waals surface area contributed by atoms with Crippen molar-refractivity contribution in [2.45, 2.75) is 25.3 Å². The number of carbonyl (C=O) groups excluding carboxylic acids is 1. The van der Waals surface area contributed by atoms with Crippen LogP contribution >= 0.6 is 0 Å². The average Bonchev–Trinajstić information content (AvgIpc) is 2.44. The highest BCUT2D eigenvalue weighted by Gasteiger charge is 2.21. The molecule has 6 nitrogen and oxygen atoms in total. The molecule has 0 aliphatic heterocycles. The molecule has 1 fully saturated rings. The third kappa shape index (κ3) is 1.61. The molecule has 1 amide bonds. The van der Waals surface area contributed by atoms with E-state index in [1.807, 2.05) is 0 Å². The lowest BCUT2D eigenvalue weighted by Gasteiger charge is -2.25. The van der Waals surface area contributed by atoms with Gasteiger partial charge in [-0.05, 0) is 19.3 Å². The molecule has 1 aliphatic carbocycles. The summed E-state index contributed by atoms with van der Waals surface area (Å²) in [4.78, 5) is 15.1. The largest absolute Gasteiger partial charge is 0.366 e. The van der Waals surface area contributed by atoms with E-state index in [2.05, 4.69) is 20.5 Å². The Kier molecular flexibility index (Phi) is 1.88. The zero-order chi connectivity index (χ0) is 9.26. The van der Waals surface area contributed by atoms with Gasteiger partial charge in [0.15, 0.2) is 0 Å². The number of nitrogens with zero attached hydrogens (tertiary/aromatic N) is 2. The Hall–Kier alpha value is -1.59. The quantitative estimate of drug-likeness (QED) is 0.582. The number of aromatic amines is 1. The van der Waals surface area contributed by atoms with Crippen molar-refractivity contribution in [3.63, 3.8) is 0 Å². The minimum atomic E-state index is -0.228. The fourth-order valence-electron chi connectivity index (χ4n) is 1.18. The molecule has 1 aromatic heterocycles. The van der Waals surface area contributed by atoms with Gasteiger partial charge >= 0.3 is 0 Å². The topological polar surface area (TPSA) is 96.7 Å². The number of H-pyrrole nitrogens is 1. The third-order valence-corrected chi connectivity index (χ3v) is 2.16. The molecule has 0 saturated heterocycles. The summed E-state index contributed by atoms with van der Waals surface area (Å²) in [5.74, 6) is 0.0528. The van der Waals surface area contributed by atoms with E-state index >= 15 is 0 Å². The second kappa shape index (κ2) is 3.04. The molecule has 13 heavy (non-hydrogen) atoms. The van der Waals surface area contributed by atoms with Gasteiger partial charge < -0.3 is 11.1 Å². The minimum Gasteiger partial charge on any atom is -0.366 e. The maximum absolute atomic E-state index is 11.4. The molecule has 6 heteroatoms. The standard InChI is InChI=1S/C7H11N5O/c8-7-10-5(11-12-7)6(13)9-4-2-1-3-4/h4H,1-3H2,(H,9,13)(H3,8,10,11,12). The third-order valence-electron chi connectivity index (χ3n) is 2.16. The van der Waals surface area contributed by atoms with Crippen LogP contribution in [-0.4, -0.2) is 27.1 Å². The van der Waals surface area contributed by atoms with Crippen LogP contribution in [0.2, 0.25) is 0 Å². The number of nitrogens with two attached hydrogens (primary N) is 1. The van der Waals surface area contributed by atoms with Crippen LogP contribution < -0.4 is 11.1 Å². The highest BCUT2D eigenvalue weighted by atomic mass is 16.2. The Morgan fingerprint density at radius 3 is 2.85 bits per heavy atom. The molecule has 0 bridgehead atoms. The number of carbonyl (C=O) groups is 1. The van der Waals surface area contributed by atoms with Crippen LogP contribution in [-0.2, 0) is 0 Å². The van der Waals surface area contributed by atoms with Crippen molar-refractivity contribution in [2.75, 3.05) is 5.73 Å². The van der Waals surface area contributed by atoms with Crippen molar-refractivity contribution in [3.8, 4) is 0 Å². The maximum Gasteiger partial charge on any atom is 0.288 e. The van der Waals surface area contributed by atoms with E-state index in [1.165, 1.54) is 6.42 Å². The zero-order valence-corrected chi connectivity index (χ0v) is 7.08. The molecular formula is C7H11N5O. The fourth-order valence-corrected chi connectivity index (χ4v) is 1.18. The zero-order valence-electron chi connectivity index (χ0n) is 7.08. The first-order valence-corrected chi connectivity index (χ1v) is 4.24. The number of amides is 1. The molecular weight excluding hydrogens is 170 g/mol. The van der Waals surface area contributed by atoms with E-state index < -0.39 is 0 Å². The van der Waals surface area contributed by atoms with Gasteiger partial charge in [0, 0.05) is 6.04 Å². The number of hydrogen-bond acceptors (Lipinski definition) is 4. The van der Waals surface area contributed by atoms with E-state index in [0.29, 0.717) is 6.04 Å². The molecule has 0 spiro atoms. The molecule has 2 rings (SSSR count). The number of nitrogens with one attached hydrogen (secondary N) is 2. The van der Waals surface area contributed by atoms with Crippen molar-refractivity contribution >= 4 is 11.9 Å². The van der Waals surface area contributed by atoms with Gasteiger partial charge in [0.1, 0.15) is 0 Å². The summed E-state index contributed by atoms with van der Waals surface area (Å²) in [6, 6.07) is 0.304. The lowest BCUT2D eigenvalue weighted by molar-refractivity contribution is 0.0907. The maximum atomic E-state index is 11.4. The van der Waals surface area contributed by atoms with Gasteiger partial charge in [-0.25, -0.2) is 0 Å². The lowest BCUT2D eigenvalue weighted by atomic mass is 9.93. The van der Waals surface area contributed by atoms with E-state index in [0.717, 1.165) is 12.8 Å². The van der Waals surface area contributed by atoms with Crippen molar-refractivity contribution in [2.24, 2.45) is 0 Å². The van der Waals surface area contributed by atoms with Crippen molar-refractivity contribution < 1.29 is 4.79 Å². The summed E-state index contributed by atoms with van der Waals surface area (Å²) >= 11 is 0. The molecule has 0 radical (unpaired) electrons. The fraction of sp³-hybridized carbons (Fsp3) is 0.571. The molecule has 1 saturated carbocycles. The lowest BCUT2D eigenvalue weighted by Crippen LogP contribution is -2.39. The van der Waals surface area contributed by atoms with Crippen LogP contribution in [0.5, 0.6) is 0 Å². The van der Waals surface area contributed by atoms with Crippen LogP contribution in [0.15, 0.2) is 0 Å². The minimum absolute atomic E-state index is 0.0961. The van der Waals surface area contributed by atoms with E-state index in [1.54, 1.807) is 0 Å². The Bertz CT molecular complexity index is 316. The summed E-state index contributed by atoms with van der Waals surface area (Å²) in [6.07, 6.45) is 3.29. The Balaban J connectivity index is 1.96. The number of anilines is 1. The molecule has 1 aromatic rings. The summed E-state index contributed by atoms with van der Waals surface area (Å²) in [7, 11) is 0. The van der Waals surface area contributed by atoms with Crippen molar-refractivity contribution in [1.82, 2.24) is 20.5 Å². The van der Waals surface area contributed by atoms with Crippen LogP contribution in [0.1, 0.15) is 29.9 Å². The summed E-state index contributed by atoms with van der Waals surface area (Å²) in [5.41, 5.74) is 5.26. The number of hydrogen-bond donors (Lipinski definition) is 3. The van der Waals surface area contributed by atoms with Gasteiger partial charge in [-0.15, -0.1) is 5.10 Å². The first kappa shape index (κ1) is 8.03. The number of nitrogen functional groups attached to an aromatic ring is 1. The second-order valence-corrected chi connectivity index (χ2v) is 3.14. The SMILES string of the molecule is Nc1n[nH]c(C(=O)NC2CCC2)n1.